The van der Waals surface area contributed by atoms with Gasteiger partial charge in [-0.1, -0.05) is 5.16 Å². The zero-order chi connectivity index (χ0) is 14.2. The van der Waals surface area contributed by atoms with Crippen molar-refractivity contribution in [2.24, 2.45) is 0 Å². The maximum atomic E-state index is 5.67. The number of pyridine rings is 1. The molecule has 2 N–H and O–H groups in total. The quantitative estimate of drug-likeness (QED) is 0.571. The van der Waals surface area contributed by atoms with E-state index in [0.29, 0.717) is 17.4 Å². The van der Waals surface area contributed by atoms with Gasteiger partial charge in [-0.2, -0.15) is 4.98 Å². The van der Waals surface area contributed by atoms with Gasteiger partial charge in [-0.25, -0.2) is 0 Å². The highest BCUT2D eigenvalue weighted by molar-refractivity contribution is 7.17. The van der Waals surface area contributed by atoms with E-state index < -0.39 is 0 Å². The molecule has 0 aliphatic heterocycles. The molecule has 0 amide bonds. The number of thiophene rings is 1. The first-order valence-electron chi connectivity index (χ1n) is 6.33. The summed E-state index contributed by atoms with van der Waals surface area (Å²) in [6.07, 6.45) is 1.76. The van der Waals surface area contributed by atoms with Crippen LogP contribution in [-0.2, 0) is 0 Å². The Morgan fingerprint density at radius 3 is 2.76 bits per heavy atom. The second kappa shape index (κ2) is 4.68. The van der Waals surface area contributed by atoms with Crippen molar-refractivity contribution in [3.63, 3.8) is 0 Å². The molecular formula is C15H10N4OS. The summed E-state index contributed by atoms with van der Waals surface area (Å²) < 4.78 is 6.42. The zero-order valence-corrected chi connectivity index (χ0v) is 11.7. The van der Waals surface area contributed by atoms with Gasteiger partial charge in [0.1, 0.15) is 0 Å². The van der Waals surface area contributed by atoms with Gasteiger partial charge >= 0.3 is 0 Å². The number of nitrogen functional groups attached to an aromatic ring is 1. The molecule has 4 rings (SSSR count). The SMILES string of the molecule is Nc1ccc(-c2nc(-c3cnc4ccsc4c3)no2)cc1. The van der Waals surface area contributed by atoms with E-state index in [2.05, 4.69) is 15.1 Å². The molecule has 0 unspecified atom stereocenters. The number of fused-ring (bicyclic) bond motifs is 1. The zero-order valence-electron chi connectivity index (χ0n) is 10.9. The number of anilines is 1. The lowest BCUT2D eigenvalue weighted by atomic mass is 10.2. The Bertz CT molecular complexity index is 911. The van der Waals surface area contributed by atoms with Gasteiger partial charge in [0.2, 0.25) is 5.82 Å². The molecule has 0 radical (unpaired) electrons. The van der Waals surface area contributed by atoms with Crippen LogP contribution in [0.3, 0.4) is 0 Å². The molecule has 0 aliphatic carbocycles. The van der Waals surface area contributed by atoms with Crippen LogP contribution in [0.15, 0.2) is 52.5 Å². The summed E-state index contributed by atoms with van der Waals surface area (Å²) in [5, 5.41) is 6.04. The summed E-state index contributed by atoms with van der Waals surface area (Å²) in [5.74, 6) is 1.00. The molecule has 1 aromatic carbocycles. The molecule has 4 aromatic rings. The van der Waals surface area contributed by atoms with Crippen molar-refractivity contribution >= 4 is 27.2 Å². The third-order valence-corrected chi connectivity index (χ3v) is 4.00. The first-order valence-corrected chi connectivity index (χ1v) is 7.21. The van der Waals surface area contributed by atoms with Crippen LogP contribution in [0.25, 0.3) is 33.1 Å². The number of hydrogen-bond donors (Lipinski definition) is 1. The number of rotatable bonds is 2. The lowest BCUT2D eigenvalue weighted by Gasteiger charge is -1.95. The third kappa shape index (κ3) is 2.15. The van der Waals surface area contributed by atoms with Crippen LogP contribution in [0.2, 0.25) is 0 Å². The number of hydrogen-bond acceptors (Lipinski definition) is 6. The number of aromatic nitrogens is 3. The van der Waals surface area contributed by atoms with Crippen molar-refractivity contribution in [2.45, 2.75) is 0 Å². The molecule has 3 aromatic heterocycles. The molecule has 3 heterocycles. The van der Waals surface area contributed by atoms with Crippen molar-refractivity contribution in [1.29, 1.82) is 0 Å². The van der Waals surface area contributed by atoms with E-state index in [1.807, 2.05) is 29.6 Å². The van der Waals surface area contributed by atoms with Crippen molar-refractivity contribution in [3.8, 4) is 22.8 Å². The van der Waals surface area contributed by atoms with Crippen LogP contribution >= 0.6 is 11.3 Å². The van der Waals surface area contributed by atoms with Gasteiger partial charge in [0.25, 0.3) is 5.89 Å². The Balaban J connectivity index is 1.74. The van der Waals surface area contributed by atoms with Gasteiger partial charge in [-0.3, -0.25) is 4.98 Å². The van der Waals surface area contributed by atoms with Crippen molar-refractivity contribution in [1.82, 2.24) is 15.1 Å². The summed E-state index contributed by atoms with van der Waals surface area (Å²) >= 11 is 1.64. The van der Waals surface area contributed by atoms with E-state index in [-0.39, 0.29) is 0 Å². The van der Waals surface area contributed by atoms with E-state index >= 15 is 0 Å². The summed E-state index contributed by atoms with van der Waals surface area (Å²) in [6, 6.07) is 11.3. The van der Waals surface area contributed by atoms with Gasteiger partial charge in [-0.15, -0.1) is 11.3 Å². The molecule has 21 heavy (non-hydrogen) atoms. The van der Waals surface area contributed by atoms with E-state index in [9.17, 15) is 0 Å². The lowest BCUT2D eigenvalue weighted by Crippen LogP contribution is -1.85. The largest absolute Gasteiger partial charge is 0.399 e. The second-order valence-corrected chi connectivity index (χ2v) is 5.52. The first-order chi connectivity index (χ1) is 10.3. The Morgan fingerprint density at radius 2 is 1.90 bits per heavy atom. The highest BCUT2D eigenvalue weighted by Crippen LogP contribution is 2.26. The standard InChI is InChI=1S/C15H10N4OS/c16-11-3-1-9(2-4-11)15-18-14(19-20-15)10-7-13-12(17-8-10)5-6-21-13/h1-8H,16H2. The van der Waals surface area contributed by atoms with Crippen molar-refractivity contribution < 1.29 is 4.52 Å². The first kappa shape index (κ1) is 12.0. The van der Waals surface area contributed by atoms with Gasteiger partial charge in [0.05, 0.1) is 10.2 Å². The number of nitrogens with zero attached hydrogens (tertiary/aromatic N) is 3. The van der Waals surface area contributed by atoms with Crippen LogP contribution in [-0.4, -0.2) is 15.1 Å². The minimum Gasteiger partial charge on any atom is -0.399 e. The molecule has 0 fully saturated rings. The average Bonchev–Trinajstić information content (AvgIpc) is 3.16. The second-order valence-electron chi connectivity index (χ2n) is 4.57. The smallest absolute Gasteiger partial charge is 0.258 e. The topological polar surface area (TPSA) is 77.8 Å². The highest BCUT2D eigenvalue weighted by Gasteiger charge is 2.11. The molecule has 0 saturated heterocycles. The number of benzene rings is 1. The van der Waals surface area contributed by atoms with E-state index in [4.69, 9.17) is 10.3 Å². The number of nitrogens with two attached hydrogens (primary N) is 1. The van der Waals surface area contributed by atoms with Gasteiger partial charge in [-0.05, 0) is 41.8 Å². The fourth-order valence-corrected chi connectivity index (χ4v) is 2.83. The monoisotopic (exact) mass is 294 g/mol. The Labute approximate surface area is 124 Å². The maximum Gasteiger partial charge on any atom is 0.258 e. The minimum atomic E-state index is 0.469. The normalized spacial score (nSPS) is 11.0. The molecule has 102 valence electrons. The molecule has 5 nitrogen and oxygen atoms in total. The summed E-state index contributed by atoms with van der Waals surface area (Å²) in [4.78, 5) is 8.80. The fraction of sp³-hybridized carbons (Fsp3) is 0. The molecule has 6 heteroatoms. The van der Waals surface area contributed by atoms with Crippen LogP contribution < -0.4 is 5.73 Å². The summed E-state index contributed by atoms with van der Waals surface area (Å²) in [6.45, 7) is 0. The van der Waals surface area contributed by atoms with Crippen LogP contribution in [0.5, 0.6) is 0 Å². The van der Waals surface area contributed by atoms with Crippen molar-refractivity contribution in [2.75, 3.05) is 5.73 Å². The molecule has 0 saturated carbocycles. The third-order valence-electron chi connectivity index (χ3n) is 3.14. The van der Waals surface area contributed by atoms with E-state index in [0.717, 1.165) is 21.3 Å². The predicted octanol–water partition coefficient (Wildman–Crippen LogP) is 3.60. The molecular weight excluding hydrogens is 284 g/mol. The van der Waals surface area contributed by atoms with Gasteiger partial charge < -0.3 is 10.3 Å². The molecule has 0 spiro atoms. The maximum absolute atomic E-state index is 5.67. The molecule has 0 aliphatic rings. The van der Waals surface area contributed by atoms with Crippen molar-refractivity contribution in [3.05, 3.63) is 48.0 Å². The molecule has 0 atom stereocenters. The average molecular weight is 294 g/mol. The Morgan fingerprint density at radius 1 is 1.05 bits per heavy atom. The summed E-state index contributed by atoms with van der Waals surface area (Å²) in [5.41, 5.74) is 9.03. The highest BCUT2D eigenvalue weighted by atomic mass is 32.1. The fourth-order valence-electron chi connectivity index (χ4n) is 2.05. The Kier molecular flexibility index (Phi) is 2.68. The summed E-state index contributed by atoms with van der Waals surface area (Å²) in [7, 11) is 0. The van der Waals surface area contributed by atoms with Gasteiger partial charge in [0.15, 0.2) is 0 Å². The Hall–Kier alpha value is -2.73. The van der Waals surface area contributed by atoms with E-state index in [1.54, 1.807) is 29.7 Å². The van der Waals surface area contributed by atoms with E-state index in [1.165, 1.54) is 0 Å². The lowest BCUT2D eigenvalue weighted by molar-refractivity contribution is 0.432. The van der Waals surface area contributed by atoms with Gasteiger partial charge in [0, 0.05) is 23.0 Å². The minimum absolute atomic E-state index is 0.469. The molecule has 0 bridgehead atoms. The van der Waals surface area contributed by atoms with Crippen LogP contribution in [0, 0.1) is 0 Å². The van der Waals surface area contributed by atoms with Crippen LogP contribution in [0.1, 0.15) is 0 Å². The predicted molar refractivity (Wildman–Crippen MR) is 82.8 cm³/mol. The van der Waals surface area contributed by atoms with Crippen LogP contribution in [0.4, 0.5) is 5.69 Å².